The molecule has 0 aromatic heterocycles. The molecule has 3 nitrogen and oxygen atoms in total. The lowest BCUT2D eigenvalue weighted by Crippen LogP contribution is -2.12. The predicted molar refractivity (Wildman–Crippen MR) is 60.9 cm³/mol. The van der Waals surface area contributed by atoms with Crippen LogP contribution in [0.1, 0.15) is 18.9 Å². The first-order valence-corrected chi connectivity index (χ1v) is 6.78. The minimum atomic E-state index is -3.30. The van der Waals surface area contributed by atoms with Crippen LogP contribution in [0, 0.1) is 12.8 Å². The number of benzene rings is 1. The highest BCUT2D eigenvalue weighted by Gasteiger charge is 2.50. The third-order valence-corrected chi connectivity index (χ3v) is 5.25. The molecule has 0 amide bonds. The van der Waals surface area contributed by atoms with Crippen molar-refractivity contribution in [3.05, 3.63) is 29.8 Å². The summed E-state index contributed by atoms with van der Waals surface area (Å²) in [7, 11) is -3.30. The fraction of sp³-hybridized carbons (Fsp3) is 0.417. The second-order valence-electron chi connectivity index (χ2n) is 4.35. The van der Waals surface area contributed by atoms with Gasteiger partial charge in [0.05, 0.1) is 10.1 Å². The molecular weight excluding hydrogens is 224 g/mol. The van der Waals surface area contributed by atoms with Crippen LogP contribution in [0.3, 0.4) is 0 Å². The Bertz CT molecular complexity index is 514. The van der Waals surface area contributed by atoms with E-state index in [1.807, 2.05) is 6.92 Å². The maximum absolute atomic E-state index is 12.1. The highest BCUT2D eigenvalue weighted by atomic mass is 32.2. The van der Waals surface area contributed by atoms with Crippen LogP contribution in [0.15, 0.2) is 29.2 Å². The van der Waals surface area contributed by atoms with E-state index in [1.165, 1.54) is 6.92 Å². The van der Waals surface area contributed by atoms with E-state index in [-0.39, 0.29) is 11.7 Å². The van der Waals surface area contributed by atoms with Gasteiger partial charge in [-0.2, -0.15) is 0 Å². The molecular formula is C12H14O3S. The number of carbonyl (C=O) groups excluding carboxylic acids is 1. The maximum Gasteiger partial charge on any atom is 0.181 e. The minimum absolute atomic E-state index is 0.0271. The molecule has 0 saturated heterocycles. The van der Waals surface area contributed by atoms with Gasteiger partial charge in [0.25, 0.3) is 0 Å². The molecule has 0 heterocycles. The number of Topliss-reactive ketones (excluding diaryl/α,β-unsaturated/α-hetero) is 1. The first-order chi connectivity index (χ1) is 7.43. The summed E-state index contributed by atoms with van der Waals surface area (Å²) in [5.41, 5.74) is 1.03. The molecule has 2 atom stereocenters. The van der Waals surface area contributed by atoms with Crippen molar-refractivity contribution >= 4 is 15.6 Å². The zero-order valence-electron chi connectivity index (χ0n) is 9.30. The average Bonchev–Trinajstić information content (AvgIpc) is 2.98. The highest BCUT2D eigenvalue weighted by molar-refractivity contribution is 7.92. The largest absolute Gasteiger partial charge is 0.300 e. The molecule has 0 bridgehead atoms. The quantitative estimate of drug-likeness (QED) is 0.806. The lowest BCUT2D eigenvalue weighted by Gasteiger charge is -2.03. The van der Waals surface area contributed by atoms with Gasteiger partial charge in [0.2, 0.25) is 0 Å². The lowest BCUT2D eigenvalue weighted by molar-refractivity contribution is -0.118. The van der Waals surface area contributed by atoms with Gasteiger partial charge in [-0.25, -0.2) is 8.42 Å². The topological polar surface area (TPSA) is 51.2 Å². The number of hydrogen-bond donors (Lipinski definition) is 0. The normalized spacial score (nSPS) is 24.1. The molecule has 4 heteroatoms. The Hall–Kier alpha value is -1.16. The van der Waals surface area contributed by atoms with Gasteiger partial charge in [-0.05, 0) is 32.4 Å². The van der Waals surface area contributed by atoms with Crippen molar-refractivity contribution in [2.24, 2.45) is 5.92 Å². The molecule has 1 fully saturated rings. The van der Waals surface area contributed by atoms with Crippen LogP contribution >= 0.6 is 0 Å². The summed E-state index contributed by atoms with van der Waals surface area (Å²) in [6.07, 6.45) is 0.478. The number of rotatable bonds is 3. The number of carbonyl (C=O) groups is 1. The Labute approximate surface area is 95.4 Å². The standard InChI is InChI=1S/C12H14O3S/c1-8-3-5-10(6-4-8)16(14,15)12-7-11(12)9(2)13/h3-6,11-12H,7H2,1-2H3/t11-,12?/m0/s1. The van der Waals surface area contributed by atoms with Crippen molar-refractivity contribution in [2.45, 2.75) is 30.4 Å². The van der Waals surface area contributed by atoms with E-state index in [9.17, 15) is 13.2 Å². The highest BCUT2D eigenvalue weighted by Crippen LogP contribution is 2.40. The van der Waals surface area contributed by atoms with Gasteiger partial charge < -0.3 is 0 Å². The second-order valence-corrected chi connectivity index (χ2v) is 6.52. The molecule has 2 rings (SSSR count). The smallest absolute Gasteiger partial charge is 0.181 e. The molecule has 1 aliphatic carbocycles. The summed E-state index contributed by atoms with van der Waals surface area (Å²) >= 11 is 0. The number of hydrogen-bond acceptors (Lipinski definition) is 3. The molecule has 1 aromatic rings. The molecule has 0 spiro atoms. The van der Waals surface area contributed by atoms with Crippen LogP contribution in [0.2, 0.25) is 0 Å². The predicted octanol–water partition coefficient (Wildman–Crippen LogP) is 1.75. The number of aryl methyl sites for hydroxylation is 1. The molecule has 0 radical (unpaired) electrons. The Balaban J connectivity index is 2.28. The van der Waals surface area contributed by atoms with Crippen LogP contribution in [0.5, 0.6) is 0 Å². The van der Waals surface area contributed by atoms with Gasteiger partial charge >= 0.3 is 0 Å². The summed E-state index contributed by atoms with van der Waals surface area (Å²) in [4.78, 5) is 11.4. The molecule has 0 aliphatic heterocycles. The van der Waals surface area contributed by atoms with E-state index in [2.05, 4.69) is 0 Å². The van der Waals surface area contributed by atoms with E-state index in [4.69, 9.17) is 0 Å². The van der Waals surface area contributed by atoms with Gasteiger partial charge in [0, 0.05) is 5.92 Å². The van der Waals surface area contributed by atoms with Crippen LogP contribution in [-0.4, -0.2) is 19.5 Å². The molecule has 1 unspecified atom stereocenters. The second kappa shape index (κ2) is 3.70. The van der Waals surface area contributed by atoms with Crippen LogP contribution in [0.4, 0.5) is 0 Å². The van der Waals surface area contributed by atoms with Gasteiger partial charge in [-0.3, -0.25) is 4.79 Å². The van der Waals surface area contributed by atoms with Gasteiger partial charge in [0.15, 0.2) is 9.84 Å². The first-order valence-electron chi connectivity index (χ1n) is 5.24. The van der Waals surface area contributed by atoms with E-state index >= 15 is 0 Å². The van der Waals surface area contributed by atoms with Crippen molar-refractivity contribution in [1.29, 1.82) is 0 Å². The number of ketones is 1. The molecule has 1 aromatic carbocycles. The van der Waals surface area contributed by atoms with Gasteiger partial charge in [0.1, 0.15) is 5.78 Å². The zero-order valence-corrected chi connectivity index (χ0v) is 10.1. The number of sulfone groups is 1. The fourth-order valence-corrected chi connectivity index (χ4v) is 3.80. The van der Waals surface area contributed by atoms with Crippen molar-refractivity contribution in [3.63, 3.8) is 0 Å². The van der Waals surface area contributed by atoms with Crippen molar-refractivity contribution in [1.82, 2.24) is 0 Å². The average molecular weight is 238 g/mol. The summed E-state index contributed by atoms with van der Waals surface area (Å²) in [6.45, 7) is 3.36. The lowest BCUT2D eigenvalue weighted by atomic mass is 10.2. The summed E-state index contributed by atoms with van der Waals surface area (Å²) < 4.78 is 24.1. The van der Waals surface area contributed by atoms with E-state index in [0.29, 0.717) is 11.3 Å². The molecule has 0 N–H and O–H groups in total. The third kappa shape index (κ3) is 1.89. The molecule has 1 aliphatic rings. The van der Waals surface area contributed by atoms with Gasteiger partial charge in [-0.15, -0.1) is 0 Å². The molecule has 1 saturated carbocycles. The zero-order chi connectivity index (χ0) is 11.9. The fourth-order valence-electron chi connectivity index (χ4n) is 1.85. The summed E-state index contributed by atoms with van der Waals surface area (Å²) in [5, 5.41) is -0.493. The SMILES string of the molecule is CC(=O)[C@@H]1CC1S(=O)(=O)c1ccc(C)cc1. The van der Waals surface area contributed by atoms with Gasteiger partial charge in [-0.1, -0.05) is 17.7 Å². The summed E-state index contributed by atoms with van der Waals surface area (Å²) in [5.74, 6) is -0.313. The molecule has 16 heavy (non-hydrogen) atoms. The van der Waals surface area contributed by atoms with E-state index in [1.54, 1.807) is 24.3 Å². The Morgan fingerprint density at radius 2 is 1.81 bits per heavy atom. The van der Waals surface area contributed by atoms with Crippen molar-refractivity contribution in [3.8, 4) is 0 Å². The molecule has 86 valence electrons. The van der Waals surface area contributed by atoms with Crippen LogP contribution in [0.25, 0.3) is 0 Å². The van der Waals surface area contributed by atoms with Crippen molar-refractivity contribution < 1.29 is 13.2 Å². The van der Waals surface area contributed by atoms with E-state index < -0.39 is 15.1 Å². The minimum Gasteiger partial charge on any atom is -0.300 e. The van der Waals surface area contributed by atoms with E-state index in [0.717, 1.165) is 5.56 Å². The van der Waals surface area contributed by atoms with Crippen LogP contribution in [-0.2, 0) is 14.6 Å². The Kier molecular flexibility index (Phi) is 2.62. The first kappa shape index (κ1) is 11.3. The maximum atomic E-state index is 12.1. The van der Waals surface area contributed by atoms with Crippen LogP contribution < -0.4 is 0 Å². The summed E-state index contributed by atoms with van der Waals surface area (Å²) in [6, 6.07) is 6.77. The van der Waals surface area contributed by atoms with Crippen molar-refractivity contribution in [2.75, 3.05) is 0 Å². The Morgan fingerprint density at radius 3 is 2.25 bits per heavy atom. The monoisotopic (exact) mass is 238 g/mol. The third-order valence-electron chi connectivity index (χ3n) is 3.00. The Morgan fingerprint density at radius 1 is 1.25 bits per heavy atom.